The molecule has 0 saturated heterocycles. The Morgan fingerprint density at radius 1 is 1.04 bits per heavy atom. The highest BCUT2D eigenvalue weighted by atomic mass is 32.2. The van der Waals surface area contributed by atoms with Crippen LogP contribution in [0, 0.1) is 0 Å². The summed E-state index contributed by atoms with van der Waals surface area (Å²) in [6.45, 7) is 3.98. The molecule has 0 radical (unpaired) electrons. The summed E-state index contributed by atoms with van der Waals surface area (Å²) in [4.78, 5) is 11.1. The first-order valence-corrected chi connectivity index (χ1v) is 9.35. The molecule has 5 nitrogen and oxygen atoms in total. The van der Waals surface area contributed by atoms with Gasteiger partial charge >= 0.3 is 0 Å². The number of rotatable bonds is 7. The topological polar surface area (TPSA) is 75.3 Å². The van der Waals surface area contributed by atoms with Gasteiger partial charge in [0, 0.05) is 13.5 Å². The Kier molecular flexibility index (Phi) is 5.98. The second-order valence-corrected chi connectivity index (χ2v) is 7.18. The van der Waals surface area contributed by atoms with Crippen molar-refractivity contribution < 1.29 is 13.2 Å². The summed E-state index contributed by atoms with van der Waals surface area (Å²) in [7, 11) is -3.62. The van der Waals surface area contributed by atoms with E-state index in [1.165, 1.54) is 6.92 Å². The third-order valence-corrected chi connectivity index (χ3v) is 5.05. The molecule has 0 fully saturated rings. The van der Waals surface area contributed by atoms with Crippen molar-refractivity contribution in [2.45, 2.75) is 31.6 Å². The van der Waals surface area contributed by atoms with E-state index in [4.69, 9.17) is 0 Å². The van der Waals surface area contributed by atoms with Crippen molar-refractivity contribution in [2.24, 2.45) is 0 Å². The van der Waals surface area contributed by atoms with E-state index < -0.39 is 10.0 Å². The Balaban J connectivity index is 2.10. The molecule has 0 bridgehead atoms. The zero-order chi connectivity index (χ0) is 17.6. The van der Waals surface area contributed by atoms with Crippen LogP contribution in [0.4, 0.5) is 5.69 Å². The lowest BCUT2D eigenvalue weighted by molar-refractivity contribution is -0.118. The molecule has 0 aliphatic heterocycles. The molecule has 2 aromatic carbocycles. The monoisotopic (exact) mass is 346 g/mol. The van der Waals surface area contributed by atoms with E-state index in [9.17, 15) is 13.2 Å². The first-order valence-electron chi connectivity index (χ1n) is 7.86. The Morgan fingerprint density at radius 3 is 2.33 bits per heavy atom. The van der Waals surface area contributed by atoms with Crippen LogP contribution in [-0.2, 0) is 27.7 Å². The van der Waals surface area contributed by atoms with Crippen LogP contribution < -0.4 is 10.0 Å². The fourth-order valence-corrected chi connectivity index (χ4v) is 3.45. The average molecular weight is 346 g/mol. The first-order chi connectivity index (χ1) is 11.4. The van der Waals surface area contributed by atoms with Crippen molar-refractivity contribution in [3.8, 4) is 0 Å². The van der Waals surface area contributed by atoms with Crippen LogP contribution >= 0.6 is 0 Å². The summed E-state index contributed by atoms with van der Waals surface area (Å²) in [6.07, 6.45) is 1.41. The number of nitrogens with one attached hydrogen (secondary N) is 2. The molecule has 0 aromatic heterocycles. The standard InChI is InChI=1S/C18H22N2O3S/c1-3-16-6-4-5-7-18(16)20-24(22,23)17-10-8-15(9-11-17)12-13-19-14(2)21/h4-11,20H,3,12-13H2,1-2H3,(H,19,21). The fraction of sp³-hybridized carbons (Fsp3) is 0.278. The highest BCUT2D eigenvalue weighted by Gasteiger charge is 2.15. The van der Waals surface area contributed by atoms with Crippen molar-refractivity contribution in [3.63, 3.8) is 0 Å². The van der Waals surface area contributed by atoms with Crippen LogP contribution in [0.5, 0.6) is 0 Å². The summed E-state index contributed by atoms with van der Waals surface area (Å²) < 4.78 is 27.7. The van der Waals surface area contributed by atoms with E-state index in [2.05, 4.69) is 10.0 Å². The molecule has 0 aliphatic carbocycles. The molecule has 128 valence electrons. The normalized spacial score (nSPS) is 11.1. The number of sulfonamides is 1. The Bertz CT molecular complexity index is 799. The van der Waals surface area contributed by atoms with E-state index in [-0.39, 0.29) is 10.8 Å². The van der Waals surface area contributed by atoms with Crippen LogP contribution in [0.2, 0.25) is 0 Å². The molecule has 6 heteroatoms. The molecule has 2 N–H and O–H groups in total. The molecule has 2 aromatic rings. The van der Waals surface area contributed by atoms with Gasteiger partial charge in [-0.1, -0.05) is 37.3 Å². The quantitative estimate of drug-likeness (QED) is 0.809. The van der Waals surface area contributed by atoms with E-state index in [1.54, 1.807) is 30.3 Å². The molecule has 1 amide bonds. The van der Waals surface area contributed by atoms with Crippen LogP contribution in [0.3, 0.4) is 0 Å². The molecule has 0 saturated carbocycles. The van der Waals surface area contributed by atoms with Gasteiger partial charge in [0.25, 0.3) is 10.0 Å². The van der Waals surface area contributed by atoms with Crippen molar-refractivity contribution in [2.75, 3.05) is 11.3 Å². The lowest BCUT2D eigenvalue weighted by Crippen LogP contribution is -2.22. The number of hydrogen-bond donors (Lipinski definition) is 2. The summed E-state index contributed by atoms with van der Waals surface area (Å²) >= 11 is 0. The molecular weight excluding hydrogens is 324 g/mol. The van der Waals surface area contributed by atoms with Gasteiger partial charge in [0.1, 0.15) is 0 Å². The molecule has 0 heterocycles. The van der Waals surface area contributed by atoms with Gasteiger partial charge in [-0.15, -0.1) is 0 Å². The largest absolute Gasteiger partial charge is 0.356 e. The fourth-order valence-electron chi connectivity index (χ4n) is 2.35. The van der Waals surface area contributed by atoms with Crippen molar-refractivity contribution in [1.29, 1.82) is 0 Å². The second kappa shape index (κ2) is 7.97. The summed E-state index contributed by atoms with van der Waals surface area (Å²) in [5.41, 5.74) is 2.53. The van der Waals surface area contributed by atoms with Crippen LogP contribution in [0.25, 0.3) is 0 Å². The van der Waals surface area contributed by atoms with Gasteiger partial charge in [0.15, 0.2) is 0 Å². The van der Waals surface area contributed by atoms with Gasteiger partial charge in [-0.05, 0) is 42.2 Å². The Hall–Kier alpha value is -2.34. The molecule has 0 unspecified atom stereocenters. The maximum atomic E-state index is 12.5. The Labute approximate surface area is 143 Å². The molecule has 2 rings (SSSR count). The predicted molar refractivity (Wildman–Crippen MR) is 95.5 cm³/mol. The minimum atomic E-state index is -3.62. The van der Waals surface area contributed by atoms with Gasteiger partial charge in [0.2, 0.25) is 5.91 Å². The van der Waals surface area contributed by atoms with Crippen LogP contribution in [0.1, 0.15) is 25.0 Å². The van der Waals surface area contributed by atoms with E-state index in [1.807, 2.05) is 25.1 Å². The number of benzene rings is 2. The number of hydrogen-bond acceptors (Lipinski definition) is 3. The zero-order valence-electron chi connectivity index (χ0n) is 13.9. The zero-order valence-corrected chi connectivity index (χ0v) is 14.7. The maximum Gasteiger partial charge on any atom is 0.261 e. The highest BCUT2D eigenvalue weighted by molar-refractivity contribution is 7.92. The number of amides is 1. The molecular formula is C18H22N2O3S. The van der Waals surface area contributed by atoms with Crippen LogP contribution in [0.15, 0.2) is 53.4 Å². The van der Waals surface area contributed by atoms with Gasteiger partial charge < -0.3 is 5.32 Å². The van der Waals surface area contributed by atoms with Gasteiger partial charge in [-0.25, -0.2) is 8.42 Å². The number of aryl methyl sites for hydroxylation is 1. The van der Waals surface area contributed by atoms with E-state index in [0.29, 0.717) is 18.7 Å². The van der Waals surface area contributed by atoms with E-state index >= 15 is 0 Å². The highest BCUT2D eigenvalue weighted by Crippen LogP contribution is 2.20. The summed E-state index contributed by atoms with van der Waals surface area (Å²) in [6, 6.07) is 14.1. The average Bonchev–Trinajstić information content (AvgIpc) is 2.55. The van der Waals surface area contributed by atoms with Gasteiger partial charge in [-0.2, -0.15) is 0 Å². The minimum Gasteiger partial charge on any atom is -0.356 e. The number of para-hydroxylation sites is 1. The number of anilines is 1. The smallest absolute Gasteiger partial charge is 0.261 e. The molecule has 0 spiro atoms. The van der Waals surface area contributed by atoms with Crippen molar-refractivity contribution >= 4 is 21.6 Å². The third kappa shape index (κ3) is 4.83. The summed E-state index contributed by atoms with van der Waals surface area (Å²) in [5.74, 6) is -0.0759. The van der Waals surface area contributed by atoms with Crippen molar-refractivity contribution in [1.82, 2.24) is 5.32 Å². The number of carbonyl (C=O) groups excluding carboxylic acids is 1. The molecule has 0 atom stereocenters. The maximum absolute atomic E-state index is 12.5. The predicted octanol–water partition coefficient (Wildman–Crippen LogP) is 2.73. The van der Waals surface area contributed by atoms with E-state index in [0.717, 1.165) is 17.5 Å². The Morgan fingerprint density at radius 2 is 1.71 bits per heavy atom. The first kappa shape index (κ1) is 18.0. The van der Waals surface area contributed by atoms with Crippen molar-refractivity contribution in [3.05, 3.63) is 59.7 Å². The SMILES string of the molecule is CCc1ccccc1NS(=O)(=O)c1ccc(CCNC(C)=O)cc1. The lowest BCUT2D eigenvalue weighted by Gasteiger charge is -2.12. The van der Waals surface area contributed by atoms with Gasteiger partial charge in [-0.3, -0.25) is 9.52 Å². The lowest BCUT2D eigenvalue weighted by atomic mass is 10.1. The van der Waals surface area contributed by atoms with Gasteiger partial charge in [0.05, 0.1) is 10.6 Å². The molecule has 24 heavy (non-hydrogen) atoms. The summed E-state index contributed by atoms with van der Waals surface area (Å²) in [5, 5.41) is 2.71. The molecule has 0 aliphatic rings. The second-order valence-electron chi connectivity index (χ2n) is 5.49. The number of carbonyl (C=O) groups is 1. The van der Waals surface area contributed by atoms with Crippen LogP contribution in [-0.4, -0.2) is 20.9 Å². The minimum absolute atomic E-state index is 0.0759. The third-order valence-electron chi connectivity index (χ3n) is 3.66.